The van der Waals surface area contributed by atoms with Crippen LogP contribution in [0.1, 0.15) is 34.8 Å². The lowest BCUT2D eigenvalue weighted by atomic mass is 9.82. The Bertz CT molecular complexity index is 1430. The van der Waals surface area contributed by atoms with Gasteiger partial charge in [0.25, 0.3) is 0 Å². The van der Waals surface area contributed by atoms with Gasteiger partial charge in [-0.15, -0.1) is 11.3 Å². The summed E-state index contributed by atoms with van der Waals surface area (Å²) < 4.78 is 8.28. The number of piperidine rings is 3. The second kappa shape index (κ2) is 10.4. The highest BCUT2D eigenvalue weighted by Gasteiger charge is 2.49. The molecule has 4 heterocycles. The Morgan fingerprint density at radius 3 is 2.34 bits per heavy atom. The van der Waals surface area contributed by atoms with E-state index in [9.17, 15) is 9.59 Å². The van der Waals surface area contributed by atoms with Gasteiger partial charge in [0.05, 0.1) is 13.1 Å². The number of nitrogens with zero attached hydrogens (tertiary/aromatic N) is 2. The van der Waals surface area contributed by atoms with Crippen LogP contribution in [0.4, 0.5) is 5.69 Å². The molecule has 3 saturated heterocycles. The lowest BCUT2D eigenvalue weighted by Gasteiger charge is -2.51. The van der Waals surface area contributed by atoms with Crippen molar-refractivity contribution in [1.29, 1.82) is 0 Å². The number of rotatable bonds is 8. The maximum Gasteiger partial charge on any atom is 0.334 e. The Kier molecular flexibility index (Phi) is 6.76. The van der Waals surface area contributed by atoms with E-state index in [1.54, 1.807) is 11.3 Å². The van der Waals surface area contributed by atoms with E-state index < -0.39 is 6.04 Å². The summed E-state index contributed by atoms with van der Waals surface area (Å²) in [5.74, 6) is 0.307. The molecule has 0 radical (unpaired) electrons. The second-order valence-electron chi connectivity index (χ2n) is 10.8. The monoisotopic (exact) mass is 525 g/mol. The van der Waals surface area contributed by atoms with Crippen molar-refractivity contribution in [2.45, 2.75) is 25.0 Å². The number of quaternary nitrogens is 1. The van der Waals surface area contributed by atoms with Crippen molar-refractivity contribution in [1.82, 2.24) is 0 Å². The minimum absolute atomic E-state index is 0.169. The van der Waals surface area contributed by atoms with Crippen molar-refractivity contribution >= 4 is 38.9 Å². The summed E-state index contributed by atoms with van der Waals surface area (Å²) in [4.78, 5) is 29.2. The lowest BCUT2D eigenvalue weighted by molar-refractivity contribution is -0.938. The number of fused-ring (bicyclic) bond motifs is 4. The Morgan fingerprint density at radius 2 is 1.61 bits per heavy atom. The predicted octanol–water partition coefficient (Wildman–Crippen LogP) is 6.11. The number of ketones is 1. The number of carbonyl (C=O) groups is 2. The number of Topliss-reactive ketones (excluding diaryl/α,β-unsaturated/α-hetero) is 1. The van der Waals surface area contributed by atoms with Crippen LogP contribution < -0.4 is 4.90 Å². The molecule has 0 saturated carbocycles. The van der Waals surface area contributed by atoms with Crippen LogP contribution in [0, 0.1) is 5.92 Å². The number of benzene rings is 3. The molecule has 1 aromatic heterocycles. The smallest absolute Gasteiger partial charge is 0.334 e. The molecule has 7 rings (SSSR count). The van der Waals surface area contributed by atoms with Crippen LogP contribution in [0.25, 0.3) is 10.1 Å². The fourth-order valence-corrected chi connectivity index (χ4v) is 7.31. The van der Waals surface area contributed by atoms with E-state index in [1.807, 2.05) is 84.7 Å². The zero-order valence-electron chi connectivity index (χ0n) is 21.7. The molecule has 3 aliphatic rings. The summed E-state index contributed by atoms with van der Waals surface area (Å²) in [5.41, 5.74) is 2.71. The standard InChI is InChI=1S/C32H33N2O3S/c1-33(25-12-6-3-7-13-25)31(27-22-38-30-15-9-8-14-26(27)30)32(36)37-29-21-34(18-16-24(29)17-19-34)20-28(35)23-10-4-2-5-11-23/h2-15,22,24,29,31H,16-21H2,1H3/q+1. The number of carbonyl (C=O) groups excluding carboxylic acids is 2. The summed E-state index contributed by atoms with van der Waals surface area (Å²) in [6.07, 6.45) is 1.80. The number of likely N-dealkylation sites (N-methyl/N-ethyl adjacent to an activating group) is 1. The molecule has 0 spiro atoms. The number of hydrogen-bond donors (Lipinski definition) is 0. The largest absolute Gasteiger partial charge is 0.454 e. The van der Waals surface area contributed by atoms with E-state index in [0.29, 0.717) is 23.5 Å². The third kappa shape index (κ3) is 4.74. The molecule has 38 heavy (non-hydrogen) atoms. The SMILES string of the molecule is CN(c1ccccc1)C(C(=O)OC1C[N+]2(CC(=O)c3ccccc3)CCC1CC2)c1csc2ccccc12. The van der Waals surface area contributed by atoms with Gasteiger partial charge in [0.1, 0.15) is 13.1 Å². The van der Waals surface area contributed by atoms with E-state index in [4.69, 9.17) is 4.74 Å². The van der Waals surface area contributed by atoms with Gasteiger partial charge in [-0.3, -0.25) is 4.79 Å². The Hall–Kier alpha value is -3.48. The highest BCUT2D eigenvalue weighted by atomic mass is 32.1. The quantitative estimate of drug-likeness (QED) is 0.158. The Balaban J connectivity index is 1.26. The molecule has 4 aromatic rings. The van der Waals surface area contributed by atoms with Gasteiger partial charge in [0, 0.05) is 47.3 Å². The van der Waals surface area contributed by atoms with Crippen molar-refractivity contribution in [3.63, 3.8) is 0 Å². The minimum Gasteiger partial charge on any atom is -0.454 e. The number of hydrogen-bond acceptors (Lipinski definition) is 5. The number of anilines is 1. The number of esters is 1. The maximum absolute atomic E-state index is 14.1. The van der Waals surface area contributed by atoms with Crippen molar-refractivity contribution in [3.05, 3.63) is 101 Å². The molecule has 3 fully saturated rings. The first kappa shape index (κ1) is 24.8. The van der Waals surface area contributed by atoms with Gasteiger partial charge in [0.15, 0.2) is 12.1 Å². The van der Waals surface area contributed by atoms with E-state index in [0.717, 1.165) is 52.8 Å². The summed E-state index contributed by atoms with van der Waals surface area (Å²) in [5, 5.41) is 3.19. The molecule has 6 heteroatoms. The molecule has 2 atom stereocenters. The van der Waals surface area contributed by atoms with Crippen molar-refractivity contribution in [2.75, 3.05) is 38.1 Å². The van der Waals surface area contributed by atoms with Crippen molar-refractivity contribution in [2.24, 2.45) is 5.92 Å². The van der Waals surface area contributed by atoms with Crippen LogP contribution in [0.2, 0.25) is 0 Å². The van der Waals surface area contributed by atoms with Crippen LogP contribution in [0.5, 0.6) is 0 Å². The van der Waals surface area contributed by atoms with E-state index in [-0.39, 0.29) is 17.9 Å². The first-order chi connectivity index (χ1) is 18.5. The topological polar surface area (TPSA) is 46.6 Å². The molecule has 3 aromatic carbocycles. The fraction of sp³-hybridized carbons (Fsp3) is 0.312. The molecular formula is C32H33N2O3S+. The zero-order valence-corrected chi connectivity index (χ0v) is 22.5. The summed E-state index contributed by atoms with van der Waals surface area (Å²) in [6, 6.07) is 27.3. The van der Waals surface area contributed by atoms with Gasteiger partial charge in [0.2, 0.25) is 5.78 Å². The fourth-order valence-electron chi connectivity index (χ4n) is 6.33. The maximum atomic E-state index is 14.1. The van der Waals surface area contributed by atoms with Crippen molar-refractivity contribution in [3.8, 4) is 0 Å². The molecule has 0 amide bonds. The molecule has 0 N–H and O–H groups in total. The zero-order chi connectivity index (χ0) is 26.1. The average molecular weight is 526 g/mol. The number of para-hydroxylation sites is 1. The predicted molar refractivity (Wildman–Crippen MR) is 153 cm³/mol. The van der Waals surface area contributed by atoms with E-state index >= 15 is 0 Å². The minimum atomic E-state index is -0.552. The number of thiophene rings is 1. The Labute approximate surface area is 227 Å². The Morgan fingerprint density at radius 1 is 0.947 bits per heavy atom. The third-order valence-corrected chi connectivity index (χ3v) is 9.45. The van der Waals surface area contributed by atoms with Gasteiger partial charge in [-0.05, 0) is 29.0 Å². The van der Waals surface area contributed by atoms with Crippen LogP contribution in [-0.2, 0) is 9.53 Å². The molecule has 0 aliphatic carbocycles. The van der Waals surface area contributed by atoms with Gasteiger partial charge in [-0.2, -0.15) is 0 Å². The first-order valence-corrected chi connectivity index (χ1v) is 14.3. The molecular weight excluding hydrogens is 492 g/mol. The van der Waals surface area contributed by atoms with Gasteiger partial charge in [-0.1, -0.05) is 66.7 Å². The van der Waals surface area contributed by atoms with Crippen LogP contribution in [0.15, 0.2) is 90.3 Å². The first-order valence-electron chi connectivity index (χ1n) is 13.4. The van der Waals surface area contributed by atoms with Crippen molar-refractivity contribution < 1.29 is 18.8 Å². The second-order valence-corrected chi connectivity index (χ2v) is 11.7. The molecule has 3 aliphatic heterocycles. The van der Waals surface area contributed by atoms with E-state index in [2.05, 4.69) is 17.5 Å². The lowest BCUT2D eigenvalue weighted by Crippen LogP contribution is -2.65. The average Bonchev–Trinajstić information content (AvgIpc) is 3.38. The van der Waals surface area contributed by atoms with Gasteiger partial charge >= 0.3 is 5.97 Å². The normalized spacial score (nSPS) is 23.2. The molecule has 194 valence electrons. The summed E-state index contributed by atoms with van der Waals surface area (Å²) in [6.45, 7) is 3.12. The highest BCUT2D eigenvalue weighted by Crippen LogP contribution is 2.39. The number of ether oxygens (including phenoxy) is 1. The van der Waals surface area contributed by atoms with E-state index in [1.165, 1.54) is 0 Å². The highest BCUT2D eigenvalue weighted by molar-refractivity contribution is 7.17. The summed E-state index contributed by atoms with van der Waals surface area (Å²) in [7, 11) is 1.97. The van der Waals surface area contributed by atoms with Gasteiger partial charge < -0.3 is 14.1 Å². The summed E-state index contributed by atoms with van der Waals surface area (Å²) >= 11 is 1.66. The molecule has 2 unspecified atom stereocenters. The van der Waals surface area contributed by atoms with Crippen LogP contribution in [-0.4, -0.2) is 55.6 Å². The van der Waals surface area contributed by atoms with Gasteiger partial charge in [-0.25, -0.2) is 4.79 Å². The molecule has 5 nitrogen and oxygen atoms in total. The third-order valence-electron chi connectivity index (χ3n) is 8.46. The van der Waals surface area contributed by atoms with Crippen LogP contribution in [0.3, 0.4) is 0 Å². The van der Waals surface area contributed by atoms with Crippen LogP contribution >= 0.6 is 11.3 Å². The molecule has 2 bridgehead atoms.